The largest absolute Gasteiger partial charge is 0.502 e. The normalized spacial score (nSPS) is 14.9. The summed E-state index contributed by atoms with van der Waals surface area (Å²) in [6.45, 7) is -6.00. The van der Waals surface area contributed by atoms with Gasteiger partial charge in [0.2, 0.25) is 17.2 Å². The lowest BCUT2D eigenvalue weighted by Crippen LogP contribution is -2.47. The van der Waals surface area contributed by atoms with Crippen LogP contribution in [0.2, 0.25) is 0 Å². The predicted octanol–water partition coefficient (Wildman–Crippen LogP) is 6.18. The van der Waals surface area contributed by atoms with Gasteiger partial charge in [-0.05, 0) is 37.1 Å². The van der Waals surface area contributed by atoms with Crippen molar-refractivity contribution in [3.8, 4) is 40.1 Å². The zero-order chi connectivity index (χ0) is 41.9. The molecule has 1 aliphatic rings. The van der Waals surface area contributed by atoms with Gasteiger partial charge in [-0.1, -0.05) is 18.2 Å². The Morgan fingerprint density at radius 2 is 1.32 bits per heavy atom. The molecular weight excluding hydrogens is 805 g/mol. The number of ether oxygens (including phenoxy) is 4. The predicted molar refractivity (Wildman–Crippen MR) is 166 cm³/mol. The van der Waals surface area contributed by atoms with Crippen LogP contribution in [0.4, 0.5) is 54.0 Å². The monoisotopic (exact) mass is 828 g/mol. The molecule has 1 fully saturated rings. The number of piperidine rings is 1. The minimum Gasteiger partial charge on any atom is -0.502 e. The quantitative estimate of drug-likeness (QED) is 0.0888. The van der Waals surface area contributed by atoms with Crippen LogP contribution in [0.3, 0.4) is 0 Å². The van der Waals surface area contributed by atoms with Crippen molar-refractivity contribution in [2.75, 3.05) is 18.4 Å². The number of carbonyl (C=O) groups is 3. The van der Waals surface area contributed by atoms with Crippen LogP contribution in [0.25, 0.3) is 11.4 Å². The molecule has 3 N–H and O–H groups in total. The lowest BCUT2D eigenvalue weighted by molar-refractivity contribution is -0.192. The summed E-state index contributed by atoms with van der Waals surface area (Å²) in [5.74, 6) is -20.3. The molecule has 0 aliphatic carbocycles. The van der Waals surface area contributed by atoms with Crippen LogP contribution in [0.1, 0.15) is 24.2 Å². The second-order valence-electron chi connectivity index (χ2n) is 11.8. The van der Waals surface area contributed by atoms with E-state index in [2.05, 4.69) is 44.4 Å². The summed E-state index contributed by atoms with van der Waals surface area (Å²) in [6.07, 6.45) is -15.3. The van der Waals surface area contributed by atoms with E-state index in [0.717, 1.165) is 4.90 Å². The number of benzene rings is 2. The number of pyridine rings is 1. The van der Waals surface area contributed by atoms with E-state index >= 15 is 0 Å². The Morgan fingerprint density at radius 1 is 0.789 bits per heavy atom. The fourth-order valence-electron chi connectivity index (χ4n) is 5.44. The third-order valence-corrected chi connectivity index (χ3v) is 8.00. The molecule has 4 aromatic rings. The van der Waals surface area contributed by atoms with Gasteiger partial charge in [-0.3, -0.25) is 15.0 Å². The van der Waals surface area contributed by atoms with Crippen molar-refractivity contribution in [3.63, 3.8) is 0 Å². The molecule has 57 heavy (non-hydrogen) atoms. The molecule has 0 spiro atoms. The number of alkyl halides is 11. The molecule has 25 heteroatoms. The second kappa shape index (κ2) is 16.1. The first-order valence-corrected chi connectivity index (χ1v) is 15.7. The number of halogens is 11. The standard InChI is InChI=1S/C32H23F11N6O8/c33-28(34)57-21-18(50)19(54-25(51)30(35,36)37)17(20(55-26(52)31(38,39)40)22(21)56-27(53)32(41,42)43)14-49-12-8-29(9-13-49,46-16-4-2-1-3-5-16)24-45-23(47-48-24)15-6-10-44-11-7-15/h1-7,10-11,28,46,50H,8-9,12-14H2,(H,45,47,48). The van der Waals surface area contributed by atoms with Gasteiger partial charge in [0.15, 0.2) is 23.1 Å². The molecule has 306 valence electrons. The summed E-state index contributed by atoms with van der Waals surface area (Å²) in [4.78, 5) is 45.5. The Kier molecular flexibility index (Phi) is 11.8. The van der Waals surface area contributed by atoms with Gasteiger partial charge in [0.25, 0.3) is 0 Å². The van der Waals surface area contributed by atoms with Gasteiger partial charge in [-0.2, -0.15) is 53.4 Å². The molecule has 2 aromatic heterocycles. The van der Waals surface area contributed by atoms with E-state index < -0.39 is 89.4 Å². The maximum absolute atomic E-state index is 13.5. The van der Waals surface area contributed by atoms with Crippen molar-refractivity contribution in [2.24, 2.45) is 0 Å². The molecule has 1 aliphatic heterocycles. The smallest absolute Gasteiger partial charge is 0.491 e. The van der Waals surface area contributed by atoms with Crippen LogP contribution < -0.4 is 24.3 Å². The molecule has 3 heterocycles. The Bertz CT molecular complexity index is 2090. The third kappa shape index (κ3) is 9.76. The van der Waals surface area contributed by atoms with Gasteiger partial charge >= 0.3 is 43.0 Å². The van der Waals surface area contributed by atoms with E-state index in [1.165, 1.54) is 12.4 Å². The number of nitrogens with zero attached hydrogens (tertiary/aromatic N) is 4. The highest BCUT2D eigenvalue weighted by molar-refractivity contribution is 5.86. The molecule has 0 unspecified atom stereocenters. The van der Waals surface area contributed by atoms with E-state index in [-0.39, 0.29) is 37.6 Å². The Morgan fingerprint density at radius 3 is 1.84 bits per heavy atom. The molecule has 1 saturated heterocycles. The molecule has 0 saturated carbocycles. The van der Waals surface area contributed by atoms with Crippen molar-refractivity contribution in [1.29, 1.82) is 0 Å². The van der Waals surface area contributed by atoms with Gasteiger partial charge < -0.3 is 29.4 Å². The number of esters is 3. The number of phenolic OH excluding ortho intramolecular Hbond substituents is 1. The lowest BCUT2D eigenvalue weighted by Gasteiger charge is -2.41. The first-order chi connectivity index (χ1) is 26.6. The van der Waals surface area contributed by atoms with Crippen molar-refractivity contribution < 1.29 is 86.7 Å². The van der Waals surface area contributed by atoms with Crippen molar-refractivity contribution >= 4 is 23.6 Å². The Labute approximate surface area is 310 Å². The van der Waals surface area contributed by atoms with Gasteiger partial charge in [-0.25, -0.2) is 19.4 Å². The lowest BCUT2D eigenvalue weighted by atomic mass is 9.86. The van der Waals surface area contributed by atoms with E-state index in [4.69, 9.17) is 0 Å². The molecule has 5 rings (SSSR count). The topological polar surface area (TPSA) is 178 Å². The second-order valence-corrected chi connectivity index (χ2v) is 11.8. The van der Waals surface area contributed by atoms with Crippen LogP contribution in [0, 0.1) is 0 Å². The number of aromatic hydroxyl groups is 1. The average molecular weight is 829 g/mol. The highest BCUT2D eigenvalue weighted by atomic mass is 19.4. The first-order valence-electron chi connectivity index (χ1n) is 15.7. The zero-order valence-electron chi connectivity index (χ0n) is 28.1. The Hall–Kier alpha value is -6.27. The number of hydrogen-bond donors (Lipinski definition) is 3. The Balaban J connectivity index is 1.63. The highest BCUT2D eigenvalue weighted by Crippen LogP contribution is 2.55. The summed E-state index contributed by atoms with van der Waals surface area (Å²) >= 11 is 0. The molecule has 0 amide bonds. The number of rotatable bonds is 11. The highest BCUT2D eigenvalue weighted by Gasteiger charge is 2.49. The number of para-hydroxylation sites is 1. The van der Waals surface area contributed by atoms with Gasteiger partial charge in [-0.15, -0.1) is 0 Å². The van der Waals surface area contributed by atoms with Gasteiger partial charge in [0.05, 0.1) is 11.1 Å². The van der Waals surface area contributed by atoms with Crippen LogP contribution in [0.15, 0.2) is 54.9 Å². The summed E-state index contributed by atoms with van der Waals surface area (Å²) in [5, 5.41) is 21.1. The van der Waals surface area contributed by atoms with Crippen LogP contribution in [0.5, 0.6) is 28.7 Å². The number of phenols is 1. The summed E-state index contributed by atoms with van der Waals surface area (Å²) in [7, 11) is 0. The van der Waals surface area contributed by atoms with E-state index in [0.29, 0.717) is 11.3 Å². The molecule has 0 atom stereocenters. The van der Waals surface area contributed by atoms with E-state index in [1.807, 2.05) is 0 Å². The van der Waals surface area contributed by atoms with E-state index in [1.54, 1.807) is 42.5 Å². The summed E-state index contributed by atoms with van der Waals surface area (Å²) < 4.78 is 163. The number of H-pyrrole nitrogens is 1. The first kappa shape index (κ1) is 41.9. The molecule has 14 nitrogen and oxygen atoms in total. The number of anilines is 1. The maximum Gasteiger partial charge on any atom is 0.491 e. The SMILES string of the molecule is O=C(Oc1c(O)c(OC(F)F)c(OC(=O)C(F)(F)F)c(OC(=O)C(F)(F)F)c1CN1CCC(Nc2ccccc2)(c2nc(-c3ccncc3)n[nH]2)CC1)C(F)(F)F. The molecule has 0 bridgehead atoms. The molecule has 0 radical (unpaired) electrons. The molecule has 2 aromatic carbocycles. The van der Waals surface area contributed by atoms with Crippen LogP contribution in [-0.2, 0) is 26.5 Å². The number of likely N-dealkylation sites (tertiary alicyclic amines) is 1. The van der Waals surface area contributed by atoms with Crippen molar-refractivity contribution in [1.82, 2.24) is 25.1 Å². The minimum atomic E-state index is -6.05. The van der Waals surface area contributed by atoms with Gasteiger partial charge in [0.1, 0.15) is 0 Å². The van der Waals surface area contributed by atoms with Crippen LogP contribution >= 0.6 is 0 Å². The minimum absolute atomic E-state index is 0.0727. The maximum atomic E-state index is 13.5. The van der Waals surface area contributed by atoms with E-state index in [9.17, 15) is 67.8 Å². The van der Waals surface area contributed by atoms with Gasteiger partial charge in [0, 0.05) is 43.3 Å². The summed E-state index contributed by atoms with van der Waals surface area (Å²) in [6, 6.07) is 11.6. The zero-order valence-corrected chi connectivity index (χ0v) is 28.1. The number of aromatic nitrogens is 4. The molecular formula is C32H23F11N6O8. The number of carbonyl (C=O) groups excluding carboxylic acids is 3. The number of aromatic amines is 1. The van der Waals surface area contributed by atoms with Crippen molar-refractivity contribution in [2.45, 2.75) is 50.1 Å². The fraction of sp³-hybridized carbons (Fsp3) is 0.312. The number of hydrogen-bond acceptors (Lipinski definition) is 13. The fourth-order valence-corrected chi connectivity index (χ4v) is 5.44. The summed E-state index contributed by atoms with van der Waals surface area (Å²) in [5.41, 5.74) is -1.58. The third-order valence-electron chi connectivity index (χ3n) is 8.00. The number of nitrogens with one attached hydrogen (secondary N) is 2. The average Bonchev–Trinajstić information content (AvgIpc) is 3.64. The van der Waals surface area contributed by atoms with Crippen molar-refractivity contribution in [3.05, 3.63) is 66.2 Å². The van der Waals surface area contributed by atoms with Crippen LogP contribution in [-0.4, -0.2) is 86.3 Å².